The zero-order chi connectivity index (χ0) is 23.6. The minimum absolute atomic E-state index is 0.213. The highest BCUT2D eigenvalue weighted by Crippen LogP contribution is 2.29. The van der Waals surface area contributed by atoms with E-state index < -0.39 is 5.91 Å². The van der Waals surface area contributed by atoms with Crippen molar-refractivity contribution in [3.8, 4) is 11.5 Å². The fourth-order valence-electron chi connectivity index (χ4n) is 2.93. The van der Waals surface area contributed by atoms with Crippen LogP contribution in [0.2, 0.25) is 5.02 Å². The molecule has 0 aliphatic rings. The van der Waals surface area contributed by atoms with Crippen LogP contribution in [0.5, 0.6) is 11.5 Å². The number of hydrogen-bond donors (Lipinski definition) is 2. The second kappa shape index (κ2) is 11.7. The molecular formula is C25H24ClN3O4. The molecule has 0 radical (unpaired) electrons. The first-order valence-electron chi connectivity index (χ1n) is 10.3. The van der Waals surface area contributed by atoms with Crippen LogP contribution in [0.3, 0.4) is 0 Å². The van der Waals surface area contributed by atoms with Crippen molar-refractivity contribution in [2.45, 2.75) is 20.5 Å². The number of amides is 2. The van der Waals surface area contributed by atoms with Gasteiger partial charge in [-0.05, 0) is 55.0 Å². The first-order chi connectivity index (χ1) is 16.0. The summed E-state index contributed by atoms with van der Waals surface area (Å²) in [5.41, 5.74) is 4.98. The van der Waals surface area contributed by atoms with E-state index in [1.165, 1.54) is 13.1 Å². The number of nitrogens with zero attached hydrogens (tertiary/aromatic N) is 1. The minimum atomic E-state index is -0.400. The first kappa shape index (κ1) is 23.8. The number of rotatable bonds is 9. The fourth-order valence-corrected chi connectivity index (χ4v) is 3.13. The van der Waals surface area contributed by atoms with Gasteiger partial charge in [-0.3, -0.25) is 9.59 Å². The Labute approximate surface area is 197 Å². The number of carbonyl (C=O) groups is 2. The van der Waals surface area contributed by atoms with Gasteiger partial charge >= 0.3 is 0 Å². The van der Waals surface area contributed by atoms with E-state index in [0.717, 1.165) is 11.1 Å². The maximum Gasteiger partial charge on any atom is 0.271 e. The number of anilines is 1. The predicted molar refractivity (Wildman–Crippen MR) is 129 cm³/mol. The lowest BCUT2D eigenvalue weighted by atomic mass is 10.2. The molecule has 7 nitrogen and oxygen atoms in total. The van der Waals surface area contributed by atoms with Crippen LogP contribution >= 0.6 is 11.6 Å². The Morgan fingerprint density at radius 1 is 1.00 bits per heavy atom. The maximum atomic E-state index is 12.4. The Hall–Kier alpha value is -3.84. The lowest BCUT2D eigenvalue weighted by molar-refractivity contribution is -0.114. The molecule has 0 spiro atoms. The maximum absolute atomic E-state index is 12.4. The molecule has 170 valence electrons. The van der Waals surface area contributed by atoms with Crippen molar-refractivity contribution in [3.05, 3.63) is 88.4 Å². The fraction of sp³-hybridized carbons (Fsp3) is 0.160. The molecule has 0 aliphatic heterocycles. The Morgan fingerprint density at radius 3 is 2.58 bits per heavy atom. The minimum Gasteiger partial charge on any atom is -0.490 e. The number of hydrazone groups is 1. The Morgan fingerprint density at radius 2 is 1.82 bits per heavy atom. The van der Waals surface area contributed by atoms with Gasteiger partial charge in [0.05, 0.1) is 12.8 Å². The van der Waals surface area contributed by atoms with E-state index in [2.05, 4.69) is 15.8 Å². The molecule has 2 N–H and O–H groups in total. The smallest absolute Gasteiger partial charge is 0.271 e. The van der Waals surface area contributed by atoms with Crippen LogP contribution in [-0.4, -0.2) is 24.6 Å². The normalized spacial score (nSPS) is 10.6. The summed E-state index contributed by atoms with van der Waals surface area (Å²) < 4.78 is 11.6. The molecule has 0 fully saturated rings. The number of hydrogen-bond acceptors (Lipinski definition) is 5. The van der Waals surface area contributed by atoms with Gasteiger partial charge in [0.2, 0.25) is 5.91 Å². The van der Waals surface area contributed by atoms with Gasteiger partial charge in [0.1, 0.15) is 6.61 Å². The van der Waals surface area contributed by atoms with Gasteiger partial charge in [0.25, 0.3) is 5.91 Å². The lowest BCUT2D eigenvalue weighted by Gasteiger charge is -2.13. The molecule has 0 atom stereocenters. The van der Waals surface area contributed by atoms with Gasteiger partial charge in [-0.15, -0.1) is 0 Å². The molecular weight excluding hydrogens is 442 g/mol. The van der Waals surface area contributed by atoms with Crippen LogP contribution in [0.4, 0.5) is 5.69 Å². The Bertz CT molecular complexity index is 1160. The molecule has 3 rings (SSSR count). The molecule has 0 saturated heterocycles. The third-order valence-electron chi connectivity index (χ3n) is 4.43. The number of nitrogens with one attached hydrogen (secondary N) is 2. The molecule has 33 heavy (non-hydrogen) atoms. The highest BCUT2D eigenvalue weighted by Gasteiger charge is 2.09. The molecule has 0 aliphatic carbocycles. The summed E-state index contributed by atoms with van der Waals surface area (Å²) in [5.74, 6) is 0.522. The van der Waals surface area contributed by atoms with Crippen LogP contribution in [0.25, 0.3) is 0 Å². The summed E-state index contributed by atoms with van der Waals surface area (Å²) in [7, 11) is 0. The van der Waals surface area contributed by atoms with Gasteiger partial charge in [-0.25, -0.2) is 5.43 Å². The monoisotopic (exact) mass is 465 g/mol. The molecule has 3 aromatic carbocycles. The summed E-state index contributed by atoms with van der Waals surface area (Å²) in [5, 5.41) is 7.29. The highest BCUT2D eigenvalue weighted by molar-refractivity contribution is 6.31. The molecule has 3 aromatic rings. The van der Waals surface area contributed by atoms with Crippen LogP contribution in [0, 0.1) is 0 Å². The standard InChI is InChI=1S/C25H24ClN3O4/c1-3-32-24-13-18(11-12-23(24)33-16-20-7-4-5-10-22(20)26)15-27-29-25(31)19-8-6-9-21(14-19)28-17(2)30/h4-15H,3,16H2,1-2H3,(H,28,30)(H,29,31). The predicted octanol–water partition coefficient (Wildman–Crippen LogP) is 5.04. The summed E-state index contributed by atoms with van der Waals surface area (Å²) in [6, 6.07) is 19.4. The molecule has 0 unspecified atom stereocenters. The highest BCUT2D eigenvalue weighted by atomic mass is 35.5. The summed E-state index contributed by atoms with van der Waals surface area (Å²) in [4.78, 5) is 23.5. The lowest BCUT2D eigenvalue weighted by Crippen LogP contribution is -2.18. The summed E-state index contributed by atoms with van der Waals surface area (Å²) in [6.07, 6.45) is 1.51. The summed E-state index contributed by atoms with van der Waals surface area (Å²) in [6.45, 7) is 4.06. The van der Waals surface area contributed by atoms with Crippen LogP contribution < -0.4 is 20.2 Å². The third-order valence-corrected chi connectivity index (χ3v) is 4.80. The molecule has 0 aromatic heterocycles. The van der Waals surface area contributed by atoms with Gasteiger partial charge in [-0.1, -0.05) is 35.9 Å². The molecule has 2 amide bonds. The van der Waals surface area contributed by atoms with Gasteiger partial charge in [0, 0.05) is 28.8 Å². The van der Waals surface area contributed by atoms with Crippen LogP contribution in [0.15, 0.2) is 71.8 Å². The number of halogens is 1. The SMILES string of the molecule is CCOc1cc(C=NNC(=O)c2cccc(NC(C)=O)c2)ccc1OCc1ccccc1Cl. The van der Waals surface area contributed by atoms with E-state index in [-0.39, 0.29) is 5.91 Å². The molecule has 0 heterocycles. The van der Waals surface area contributed by atoms with Crippen molar-refractivity contribution in [1.29, 1.82) is 0 Å². The quantitative estimate of drug-likeness (QED) is 0.342. The number of carbonyl (C=O) groups excluding carboxylic acids is 2. The zero-order valence-electron chi connectivity index (χ0n) is 18.3. The van der Waals surface area contributed by atoms with E-state index in [9.17, 15) is 9.59 Å². The van der Waals surface area contributed by atoms with Crippen molar-refractivity contribution in [3.63, 3.8) is 0 Å². The second-order valence-electron chi connectivity index (χ2n) is 6.98. The van der Waals surface area contributed by atoms with Crippen molar-refractivity contribution in [2.24, 2.45) is 5.10 Å². The van der Waals surface area contributed by atoms with Crippen LogP contribution in [-0.2, 0) is 11.4 Å². The van der Waals surface area contributed by atoms with E-state index in [4.69, 9.17) is 21.1 Å². The van der Waals surface area contributed by atoms with Crippen molar-refractivity contribution >= 4 is 35.3 Å². The van der Waals surface area contributed by atoms with Crippen molar-refractivity contribution < 1.29 is 19.1 Å². The third kappa shape index (κ3) is 7.08. The van der Waals surface area contributed by atoms with Crippen molar-refractivity contribution in [1.82, 2.24) is 5.43 Å². The topological polar surface area (TPSA) is 89.0 Å². The first-order valence-corrected chi connectivity index (χ1v) is 10.7. The summed E-state index contributed by atoms with van der Waals surface area (Å²) >= 11 is 6.19. The average molecular weight is 466 g/mol. The van der Waals surface area contributed by atoms with Gasteiger partial charge in [0.15, 0.2) is 11.5 Å². The second-order valence-corrected chi connectivity index (χ2v) is 7.39. The largest absolute Gasteiger partial charge is 0.490 e. The Kier molecular flexibility index (Phi) is 8.43. The van der Waals surface area contributed by atoms with E-state index in [1.807, 2.05) is 31.2 Å². The Balaban J connectivity index is 1.65. The zero-order valence-corrected chi connectivity index (χ0v) is 19.1. The molecule has 0 bridgehead atoms. The van der Waals surface area contributed by atoms with Crippen molar-refractivity contribution in [2.75, 3.05) is 11.9 Å². The molecule has 8 heteroatoms. The average Bonchev–Trinajstić information content (AvgIpc) is 2.79. The van der Waals surface area contributed by atoms with E-state index >= 15 is 0 Å². The number of benzene rings is 3. The molecule has 0 saturated carbocycles. The van der Waals surface area contributed by atoms with E-state index in [0.29, 0.717) is 41.0 Å². The van der Waals surface area contributed by atoms with Crippen LogP contribution in [0.1, 0.15) is 35.3 Å². The van der Waals surface area contributed by atoms with Gasteiger partial charge in [-0.2, -0.15) is 5.10 Å². The van der Waals surface area contributed by atoms with Gasteiger partial charge < -0.3 is 14.8 Å². The number of ether oxygens (including phenoxy) is 2. The van der Waals surface area contributed by atoms with E-state index in [1.54, 1.807) is 42.5 Å².